The van der Waals surface area contributed by atoms with Crippen LogP contribution in [-0.2, 0) is 25.4 Å². The van der Waals surface area contributed by atoms with Gasteiger partial charge in [-0.3, -0.25) is 23.3 Å². The van der Waals surface area contributed by atoms with E-state index in [-0.39, 0.29) is 28.9 Å². The second-order valence-electron chi connectivity index (χ2n) is 5.67. The van der Waals surface area contributed by atoms with E-state index in [1.807, 2.05) is 6.92 Å². The van der Waals surface area contributed by atoms with Gasteiger partial charge in [-0.1, -0.05) is 13.3 Å². The molecule has 9 heteroatoms. The predicted octanol–water partition coefficient (Wildman–Crippen LogP) is 0.736. The van der Waals surface area contributed by atoms with Gasteiger partial charge >= 0.3 is 5.69 Å². The Hall–Kier alpha value is -2.09. The summed E-state index contributed by atoms with van der Waals surface area (Å²) >= 11 is 6.13. The zero-order valence-corrected chi connectivity index (χ0v) is 15.1. The number of rotatable bonds is 6. The summed E-state index contributed by atoms with van der Waals surface area (Å²) in [5.41, 5.74) is -0.669. The Balaban J connectivity index is 2.50. The van der Waals surface area contributed by atoms with Gasteiger partial charge in [0.05, 0.1) is 0 Å². The average molecular weight is 356 g/mol. The van der Waals surface area contributed by atoms with Crippen LogP contribution >= 0.6 is 11.6 Å². The molecule has 2 rings (SSSR count). The summed E-state index contributed by atoms with van der Waals surface area (Å²) in [6.45, 7) is 5.12. The normalized spacial score (nSPS) is 11.2. The number of likely N-dealkylation sites (N-methyl/N-ethyl adjacent to an activating group) is 1. The summed E-state index contributed by atoms with van der Waals surface area (Å²) in [5.74, 6) is -0.136. The van der Waals surface area contributed by atoms with E-state index in [0.717, 1.165) is 17.4 Å². The predicted molar refractivity (Wildman–Crippen MR) is 92.4 cm³/mol. The van der Waals surface area contributed by atoms with Crippen LogP contribution in [0.5, 0.6) is 0 Å². The van der Waals surface area contributed by atoms with Crippen molar-refractivity contribution in [3.63, 3.8) is 0 Å². The van der Waals surface area contributed by atoms with Crippen molar-refractivity contribution >= 4 is 28.7 Å². The fourth-order valence-corrected chi connectivity index (χ4v) is 2.83. The second-order valence-corrected chi connectivity index (χ2v) is 6.01. The van der Waals surface area contributed by atoms with Gasteiger partial charge in [-0.15, -0.1) is 0 Å². The molecular weight excluding hydrogens is 334 g/mol. The molecule has 0 saturated heterocycles. The second kappa shape index (κ2) is 7.21. The minimum atomic E-state index is -0.517. The van der Waals surface area contributed by atoms with Crippen molar-refractivity contribution in [3.05, 3.63) is 26.1 Å². The highest BCUT2D eigenvalue weighted by molar-refractivity contribution is 6.29. The number of nitrogens with zero attached hydrogens (tertiary/aromatic N) is 5. The molecule has 0 aliphatic rings. The van der Waals surface area contributed by atoms with Crippen LogP contribution in [0.3, 0.4) is 0 Å². The summed E-state index contributed by atoms with van der Waals surface area (Å²) in [5, 5.41) is 0.0168. The summed E-state index contributed by atoms with van der Waals surface area (Å²) in [6.07, 6.45) is 1.90. The number of carbonyl (C=O) groups is 1. The molecule has 8 nitrogen and oxygen atoms in total. The highest BCUT2D eigenvalue weighted by Gasteiger charge is 2.21. The summed E-state index contributed by atoms with van der Waals surface area (Å²) in [7, 11) is 2.90. The molecule has 2 heterocycles. The zero-order valence-electron chi connectivity index (χ0n) is 14.4. The molecule has 0 aliphatic heterocycles. The Morgan fingerprint density at radius 1 is 1.21 bits per heavy atom. The van der Waals surface area contributed by atoms with E-state index in [2.05, 4.69) is 11.9 Å². The maximum atomic E-state index is 12.5. The molecule has 2 aromatic rings. The van der Waals surface area contributed by atoms with E-state index in [4.69, 9.17) is 11.6 Å². The SMILES string of the molecule is CCCCN(CC)C(=O)Cn1c(Cl)nc2c1c(=O)n(C)c(=O)n2C. The standard InChI is InChI=1S/C15H22ClN5O3/c1-5-7-8-20(6-2)10(22)9-21-11-12(17-14(21)16)18(3)15(24)19(4)13(11)23/h5-9H2,1-4H3. The van der Waals surface area contributed by atoms with Crippen molar-refractivity contribution < 1.29 is 4.79 Å². The van der Waals surface area contributed by atoms with E-state index >= 15 is 0 Å². The van der Waals surface area contributed by atoms with Crippen LogP contribution in [0.2, 0.25) is 5.28 Å². The quantitative estimate of drug-likeness (QED) is 0.715. The summed E-state index contributed by atoms with van der Waals surface area (Å²) < 4.78 is 3.60. The number of carbonyl (C=O) groups excluding carboxylic acids is 1. The molecule has 0 unspecified atom stereocenters. The maximum Gasteiger partial charge on any atom is 0.332 e. The number of hydrogen-bond donors (Lipinski definition) is 0. The third-order valence-electron chi connectivity index (χ3n) is 4.11. The van der Waals surface area contributed by atoms with Crippen LogP contribution < -0.4 is 11.2 Å². The van der Waals surface area contributed by atoms with Crippen LogP contribution in [0.1, 0.15) is 26.7 Å². The molecule has 2 aromatic heterocycles. The average Bonchev–Trinajstić information content (AvgIpc) is 2.88. The topological polar surface area (TPSA) is 82.1 Å². The Morgan fingerprint density at radius 3 is 2.46 bits per heavy atom. The highest BCUT2D eigenvalue weighted by atomic mass is 35.5. The highest BCUT2D eigenvalue weighted by Crippen LogP contribution is 2.16. The number of aryl methyl sites for hydroxylation is 1. The Labute approximate surface area is 144 Å². The smallest absolute Gasteiger partial charge is 0.332 e. The van der Waals surface area contributed by atoms with Gasteiger partial charge in [0.2, 0.25) is 11.2 Å². The largest absolute Gasteiger partial charge is 0.341 e. The van der Waals surface area contributed by atoms with E-state index in [1.54, 1.807) is 4.90 Å². The van der Waals surface area contributed by atoms with Crippen molar-refractivity contribution in [1.82, 2.24) is 23.6 Å². The lowest BCUT2D eigenvalue weighted by Gasteiger charge is -2.21. The summed E-state index contributed by atoms with van der Waals surface area (Å²) in [6, 6.07) is 0. The molecule has 0 atom stereocenters. The van der Waals surface area contributed by atoms with Gasteiger partial charge < -0.3 is 4.90 Å². The Morgan fingerprint density at radius 2 is 1.88 bits per heavy atom. The van der Waals surface area contributed by atoms with Gasteiger partial charge in [-0.2, -0.15) is 4.98 Å². The molecule has 0 spiro atoms. The number of fused-ring (bicyclic) bond motifs is 1. The van der Waals surface area contributed by atoms with Crippen LogP contribution in [0.4, 0.5) is 0 Å². The molecule has 1 amide bonds. The molecule has 132 valence electrons. The van der Waals surface area contributed by atoms with Gasteiger partial charge in [0.25, 0.3) is 5.56 Å². The number of halogens is 1. The molecular formula is C15H22ClN5O3. The molecule has 0 bridgehead atoms. The van der Waals surface area contributed by atoms with Gasteiger partial charge in [0.15, 0.2) is 11.2 Å². The molecule has 0 N–H and O–H groups in total. The molecule has 24 heavy (non-hydrogen) atoms. The van der Waals surface area contributed by atoms with Crippen molar-refractivity contribution in [2.24, 2.45) is 14.1 Å². The number of hydrogen-bond acceptors (Lipinski definition) is 4. The minimum absolute atomic E-state index is 0.0168. The van der Waals surface area contributed by atoms with E-state index < -0.39 is 11.2 Å². The number of imidazole rings is 1. The van der Waals surface area contributed by atoms with Gasteiger partial charge in [0.1, 0.15) is 6.54 Å². The Bertz CT molecular complexity index is 880. The van der Waals surface area contributed by atoms with Gasteiger partial charge in [-0.25, -0.2) is 4.79 Å². The van der Waals surface area contributed by atoms with Crippen LogP contribution in [0.15, 0.2) is 9.59 Å². The molecule has 0 aromatic carbocycles. The van der Waals surface area contributed by atoms with E-state index in [1.165, 1.54) is 23.2 Å². The number of aromatic nitrogens is 4. The monoisotopic (exact) mass is 355 g/mol. The van der Waals surface area contributed by atoms with Crippen molar-refractivity contribution in [2.45, 2.75) is 33.2 Å². The minimum Gasteiger partial charge on any atom is -0.341 e. The van der Waals surface area contributed by atoms with E-state index in [0.29, 0.717) is 13.1 Å². The van der Waals surface area contributed by atoms with Crippen molar-refractivity contribution in [1.29, 1.82) is 0 Å². The van der Waals surface area contributed by atoms with Crippen molar-refractivity contribution in [3.8, 4) is 0 Å². The first-order chi connectivity index (χ1) is 11.3. The Kier molecular flexibility index (Phi) is 5.48. The lowest BCUT2D eigenvalue weighted by atomic mass is 10.3. The van der Waals surface area contributed by atoms with Gasteiger partial charge in [-0.05, 0) is 24.9 Å². The lowest BCUT2D eigenvalue weighted by Crippen LogP contribution is -2.38. The van der Waals surface area contributed by atoms with Crippen LogP contribution in [0, 0.1) is 0 Å². The van der Waals surface area contributed by atoms with Crippen LogP contribution in [0.25, 0.3) is 11.2 Å². The van der Waals surface area contributed by atoms with Crippen molar-refractivity contribution in [2.75, 3.05) is 13.1 Å². The van der Waals surface area contributed by atoms with Crippen LogP contribution in [-0.4, -0.2) is 42.6 Å². The fourth-order valence-electron chi connectivity index (χ4n) is 2.61. The van der Waals surface area contributed by atoms with Gasteiger partial charge in [0, 0.05) is 27.2 Å². The first-order valence-corrected chi connectivity index (χ1v) is 8.30. The maximum absolute atomic E-state index is 12.5. The van der Waals surface area contributed by atoms with E-state index in [9.17, 15) is 14.4 Å². The molecule has 0 fully saturated rings. The lowest BCUT2D eigenvalue weighted by molar-refractivity contribution is -0.131. The third-order valence-corrected chi connectivity index (χ3v) is 4.40. The number of amides is 1. The number of unbranched alkanes of at least 4 members (excludes halogenated alkanes) is 1. The third kappa shape index (κ3) is 3.10. The zero-order chi connectivity index (χ0) is 18.0. The first kappa shape index (κ1) is 18.3. The molecule has 0 aliphatic carbocycles. The first-order valence-electron chi connectivity index (χ1n) is 7.92. The fraction of sp³-hybridized carbons (Fsp3) is 0.600. The summed E-state index contributed by atoms with van der Waals surface area (Å²) in [4.78, 5) is 42.7. The molecule has 0 radical (unpaired) electrons. The molecule has 0 saturated carbocycles.